The SMILES string of the molecule is C=C(C)N=C(C)/C(C)=C/C(C#N)=C(C)C. The normalized spacial score (nSPS) is 12.0. The minimum atomic E-state index is 0.698. The molecule has 0 aliphatic carbocycles. The highest BCUT2D eigenvalue weighted by molar-refractivity contribution is 5.98. The molecule has 80 valence electrons. The summed E-state index contributed by atoms with van der Waals surface area (Å²) in [5, 5.41) is 8.90. The maximum atomic E-state index is 8.90. The number of rotatable bonds is 3. The van der Waals surface area contributed by atoms with E-state index in [1.165, 1.54) is 0 Å². The number of hydrogen-bond donors (Lipinski definition) is 0. The number of nitrogens with zero attached hydrogens (tertiary/aromatic N) is 2. The fourth-order valence-corrected chi connectivity index (χ4v) is 0.984. The van der Waals surface area contributed by atoms with Crippen molar-refractivity contribution in [1.82, 2.24) is 0 Å². The van der Waals surface area contributed by atoms with Crippen molar-refractivity contribution in [3.05, 3.63) is 35.1 Å². The molecule has 0 radical (unpaired) electrons. The first-order valence-corrected chi connectivity index (χ1v) is 4.85. The van der Waals surface area contributed by atoms with Gasteiger partial charge in [0.05, 0.1) is 11.6 Å². The van der Waals surface area contributed by atoms with Gasteiger partial charge in [-0.3, -0.25) is 4.99 Å². The van der Waals surface area contributed by atoms with Crippen LogP contribution in [0.5, 0.6) is 0 Å². The van der Waals surface area contributed by atoms with Gasteiger partial charge in [-0.25, -0.2) is 0 Å². The molecule has 0 saturated carbocycles. The van der Waals surface area contributed by atoms with Crippen LogP contribution in [-0.4, -0.2) is 5.71 Å². The van der Waals surface area contributed by atoms with Gasteiger partial charge in [0.15, 0.2) is 0 Å². The third kappa shape index (κ3) is 4.97. The van der Waals surface area contributed by atoms with Gasteiger partial charge >= 0.3 is 0 Å². The van der Waals surface area contributed by atoms with Gasteiger partial charge in [0.2, 0.25) is 0 Å². The molecule has 0 aliphatic heterocycles. The molecule has 0 rings (SSSR count). The average Bonchev–Trinajstić information content (AvgIpc) is 2.11. The second kappa shape index (κ2) is 5.98. The van der Waals surface area contributed by atoms with Gasteiger partial charge in [0, 0.05) is 11.4 Å². The van der Waals surface area contributed by atoms with E-state index in [2.05, 4.69) is 17.6 Å². The minimum Gasteiger partial charge on any atom is -0.259 e. The number of allylic oxidation sites excluding steroid dienone is 5. The van der Waals surface area contributed by atoms with E-state index < -0.39 is 0 Å². The van der Waals surface area contributed by atoms with Crippen LogP contribution in [0.3, 0.4) is 0 Å². The van der Waals surface area contributed by atoms with E-state index in [1.807, 2.05) is 40.7 Å². The molecular weight excluding hydrogens is 184 g/mol. The summed E-state index contributed by atoms with van der Waals surface area (Å²) in [6.07, 6.45) is 1.86. The Balaban J connectivity index is 5.12. The highest BCUT2D eigenvalue weighted by Crippen LogP contribution is 2.09. The molecular formula is C13H18N2. The van der Waals surface area contributed by atoms with Gasteiger partial charge in [-0.1, -0.05) is 12.2 Å². The molecule has 0 atom stereocenters. The standard InChI is InChI=1S/C13H18N2/c1-9(2)13(8-14)7-11(5)12(6)15-10(3)4/h7H,3H2,1-2,4-6H3/b11-7+,15-12?. The zero-order valence-electron chi connectivity index (χ0n) is 10.2. The average molecular weight is 202 g/mol. The monoisotopic (exact) mass is 202 g/mol. The lowest BCUT2D eigenvalue weighted by molar-refractivity contribution is 1.29. The van der Waals surface area contributed by atoms with E-state index in [4.69, 9.17) is 5.26 Å². The molecule has 15 heavy (non-hydrogen) atoms. The van der Waals surface area contributed by atoms with E-state index in [1.54, 1.807) is 0 Å². The molecule has 2 nitrogen and oxygen atoms in total. The highest BCUT2D eigenvalue weighted by Gasteiger charge is 1.98. The molecule has 0 saturated heterocycles. The van der Waals surface area contributed by atoms with E-state index in [0.29, 0.717) is 5.57 Å². The maximum Gasteiger partial charge on any atom is 0.0991 e. The lowest BCUT2D eigenvalue weighted by atomic mass is 10.1. The summed E-state index contributed by atoms with van der Waals surface area (Å²) in [6.45, 7) is 13.3. The Morgan fingerprint density at radius 1 is 1.20 bits per heavy atom. The Kier molecular flexibility index (Phi) is 5.33. The summed E-state index contributed by atoms with van der Waals surface area (Å²) in [6, 6.07) is 2.17. The topological polar surface area (TPSA) is 36.1 Å². The first-order chi connectivity index (χ1) is 6.88. The molecule has 0 aromatic carbocycles. The molecule has 2 heteroatoms. The van der Waals surface area contributed by atoms with E-state index in [-0.39, 0.29) is 0 Å². The summed E-state index contributed by atoms with van der Waals surface area (Å²) in [5.41, 5.74) is 4.38. The summed E-state index contributed by atoms with van der Waals surface area (Å²) < 4.78 is 0. The molecule has 0 unspecified atom stereocenters. The van der Waals surface area contributed by atoms with Gasteiger partial charge in [0.25, 0.3) is 0 Å². The number of aliphatic imine (C=N–C) groups is 1. The van der Waals surface area contributed by atoms with Gasteiger partial charge < -0.3 is 0 Å². The highest BCUT2D eigenvalue weighted by atomic mass is 14.7. The van der Waals surface area contributed by atoms with Gasteiger partial charge in [-0.05, 0) is 46.3 Å². The zero-order valence-corrected chi connectivity index (χ0v) is 10.2. The van der Waals surface area contributed by atoms with Gasteiger partial charge in [-0.15, -0.1) is 0 Å². The Hall–Kier alpha value is -1.62. The van der Waals surface area contributed by atoms with Crippen LogP contribution in [0.2, 0.25) is 0 Å². The number of hydrogen-bond acceptors (Lipinski definition) is 2. The van der Waals surface area contributed by atoms with Crippen molar-refractivity contribution < 1.29 is 0 Å². The first-order valence-electron chi connectivity index (χ1n) is 4.85. The van der Waals surface area contributed by atoms with E-state index in [0.717, 1.165) is 22.6 Å². The van der Waals surface area contributed by atoms with E-state index >= 15 is 0 Å². The molecule has 0 fully saturated rings. The van der Waals surface area contributed by atoms with Crippen LogP contribution >= 0.6 is 0 Å². The first kappa shape index (κ1) is 13.4. The second-order valence-corrected chi connectivity index (χ2v) is 3.79. The molecule has 0 aliphatic rings. The van der Waals surface area contributed by atoms with Crippen LogP contribution in [0.4, 0.5) is 0 Å². The van der Waals surface area contributed by atoms with Crippen molar-refractivity contribution in [2.45, 2.75) is 34.6 Å². The van der Waals surface area contributed by atoms with Gasteiger partial charge in [-0.2, -0.15) is 5.26 Å². The predicted molar refractivity (Wildman–Crippen MR) is 65.7 cm³/mol. The quantitative estimate of drug-likeness (QED) is 0.389. The third-order valence-corrected chi connectivity index (χ3v) is 1.95. The Bertz CT molecular complexity index is 383. The van der Waals surface area contributed by atoms with Crippen molar-refractivity contribution >= 4 is 5.71 Å². The van der Waals surface area contributed by atoms with Crippen LogP contribution in [0, 0.1) is 11.3 Å². The second-order valence-electron chi connectivity index (χ2n) is 3.79. The van der Waals surface area contributed by atoms with Crippen LogP contribution in [-0.2, 0) is 0 Å². The molecule has 0 N–H and O–H groups in total. The van der Waals surface area contributed by atoms with Crippen molar-refractivity contribution in [1.29, 1.82) is 5.26 Å². The minimum absolute atomic E-state index is 0.698. The zero-order chi connectivity index (χ0) is 12.0. The van der Waals surface area contributed by atoms with E-state index in [9.17, 15) is 0 Å². The Morgan fingerprint density at radius 2 is 1.73 bits per heavy atom. The molecule has 0 heterocycles. The van der Waals surface area contributed by atoms with Crippen LogP contribution in [0.1, 0.15) is 34.6 Å². The van der Waals surface area contributed by atoms with Crippen LogP contribution < -0.4 is 0 Å². The molecule has 0 aromatic rings. The van der Waals surface area contributed by atoms with Crippen LogP contribution in [0.25, 0.3) is 0 Å². The third-order valence-electron chi connectivity index (χ3n) is 1.95. The smallest absolute Gasteiger partial charge is 0.0991 e. The lowest BCUT2D eigenvalue weighted by Gasteiger charge is -2.01. The van der Waals surface area contributed by atoms with Crippen LogP contribution in [0.15, 0.2) is 40.1 Å². The fraction of sp³-hybridized carbons (Fsp3) is 0.385. The summed E-state index contributed by atoms with van der Waals surface area (Å²) in [5.74, 6) is 0. The summed E-state index contributed by atoms with van der Waals surface area (Å²) >= 11 is 0. The Morgan fingerprint density at radius 3 is 2.07 bits per heavy atom. The van der Waals surface area contributed by atoms with Crippen molar-refractivity contribution in [3.8, 4) is 6.07 Å². The summed E-state index contributed by atoms with van der Waals surface area (Å²) in [7, 11) is 0. The predicted octanol–water partition coefficient (Wildman–Crippen LogP) is 3.79. The number of nitriles is 1. The maximum absolute atomic E-state index is 8.90. The Labute approximate surface area is 92.3 Å². The van der Waals surface area contributed by atoms with Gasteiger partial charge in [0.1, 0.15) is 0 Å². The fourth-order valence-electron chi connectivity index (χ4n) is 0.984. The summed E-state index contributed by atoms with van der Waals surface area (Å²) in [4.78, 5) is 4.25. The molecule has 0 aromatic heterocycles. The molecule has 0 spiro atoms. The molecule has 0 bridgehead atoms. The van der Waals surface area contributed by atoms with Crippen molar-refractivity contribution in [2.24, 2.45) is 4.99 Å². The van der Waals surface area contributed by atoms with Crippen molar-refractivity contribution in [3.63, 3.8) is 0 Å². The lowest BCUT2D eigenvalue weighted by Crippen LogP contribution is -1.94. The van der Waals surface area contributed by atoms with Crippen molar-refractivity contribution in [2.75, 3.05) is 0 Å². The largest absolute Gasteiger partial charge is 0.259 e. The molecule has 0 amide bonds.